The van der Waals surface area contributed by atoms with E-state index in [1.54, 1.807) is 0 Å². The zero-order chi connectivity index (χ0) is 14.6. The molecule has 2 N–H and O–H groups in total. The van der Waals surface area contributed by atoms with Gasteiger partial charge in [0.05, 0.1) is 0 Å². The van der Waals surface area contributed by atoms with Gasteiger partial charge in [0, 0.05) is 45.6 Å². The van der Waals surface area contributed by atoms with E-state index in [1.165, 1.54) is 12.8 Å². The normalized spacial score (nSPS) is 11.9. The highest BCUT2D eigenvalue weighted by molar-refractivity contribution is 5.79. The third-order valence-electron chi connectivity index (χ3n) is 3.23. The Kier molecular flexibility index (Phi) is 8.54. The Morgan fingerprint density at radius 3 is 2.50 bits per heavy atom. The number of nitrogens with zero attached hydrogens (tertiary/aromatic N) is 3. The summed E-state index contributed by atoms with van der Waals surface area (Å²) in [5.41, 5.74) is 0. The predicted octanol–water partition coefficient (Wildman–Crippen LogP) is 1.39. The lowest BCUT2D eigenvalue weighted by Gasteiger charge is -2.18. The van der Waals surface area contributed by atoms with Gasteiger partial charge in [-0.15, -0.1) is 0 Å². The van der Waals surface area contributed by atoms with Crippen molar-refractivity contribution in [1.29, 1.82) is 0 Å². The van der Waals surface area contributed by atoms with E-state index in [0.717, 1.165) is 38.7 Å². The van der Waals surface area contributed by atoms with Gasteiger partial charge in [0.15, 0.2) is 5.96 Å². The minimum absolute atomic E-state index is 0.875. The molecule has 1 aromatic rings. The highest BCUT2D eigenvalue weighted by atomic mass is 15.2. The molecule has 5 nitrogen and oxygen atoms in total. The Balaban J connectivity index is 2.10. The van der Waals surface area contributed by atoms with Gasteiger partial charge in [0.25, 0.3) is 0 Å². The van der Waals surface area contributed by atoms with Crippen LogP contribution < -0.4 is 10.6 Å². The average Bonchev–Trinajstić information content (AvgIpc) is 2.96. The predicted molar refractivity (Wildman–Crippen MR) is 86.2 cm³/mol. The molecule has 0 spiro atoms. The van der Waals surface area contributed by atoms with Crippen LogP contribution in [-0.2, 0) is 6.54 Å². The minimum Gasteiger partial charge on any atom is -0.355 e. The van der Waals surface area contributed by atoms with E-state index in [0.29, 0.717) is 0 Å². The van der Waals surface area contributed by atoms with Gasteiger partial charge in [-0.25, -0.2) is 0 Å². The Bertz CT molecular complexity index is 358. The Hall–Kier alpha value is -1.49. The first-order valence-corrected chi connectivity index (χ1v) is 7.50. The molecule has 0 saturated heterocycles. The lowest BCUT2D eigenvalue weighted by Crippen LogP contribution is -2.42. The third-order valence-corrected chi connectivity index (χ3v) is 3.23. The fourth-order valence-electron chi connectivity index (χ4n) is 1.95. The monoisotopic (exact) mass is 279 g/mol. The number of guanidine groups is 1. The van der Waals surface area contributed by atoms with Gasteiger partial charge in [0.2, 0.25) is 0 Å². The molecule has 0 aliphatic rings. The number of likely N-dealkylation sites (N-methyl/N-ethyl adjacent to an activating group) is 1. The average molecular weight is 279 g/mol. The summed E-state index contributed by atoms with van der Waals surface area (Å²) < 4.78 is 2.15. The van der Waals surface area contributed by atoms with Crippen LogP contribution in [0.25, 0.3) is 0 Å². The maximum absolute atomic E-state index is 4.23. The summed E-state index contributed by atoms with van der Waals surface area (Å²) in [6, 6.07) is 4.08. The summed E-state index contributed by atoms with van der Waals surface area (Å²) in [7, 11) is 3.98. The Labute approximate surface area is 123 Å². The molecule has 0 fully saturated rings. The fourth-order valence-corrected chi connectivity index (χ4v) is 1.95. The molecule has 0 saturated carbocycles. The number of aliphatic imine (C=N–C) groups is 1. The first kappa shape index (κ1) is 16.6. The van der Waals surface area contributed by atoms with Crippen molar-refractivity contribution in [1.82, 2.24) is 20.1 Å². The van der Waals surface area contributed by atoms with Crippen LogP contribution in [0, 0.1) is 0 Å². The van der Waals surface area contributed by atoms with Crippen LogP contribution in [0.2, 0.25) is 0 Å². The highest BCUT2D eigenvalue weighted by Crippen LogP contribution is 1.90. The molecule has 5 heteroatoms. The summed E-state index contributed by atoms with van der Waals surface area (Å²) in [5.74, 6) is 0.876. The molecule has 0 bridgehead atoms. The van der Waals surface area contributed by atoms with Gasteiger partial charge in [-0.05, 0) is 32.1 Å². The largest absolute Gasteiger partial charge is 0.355 e. The van der Waals surface area contributed by atoms with E-state index in [4.69, 9.17) is 0 Å². The summed E-state index contributed by atoms with van der Waals surface area (Å²) in [5, 5.41) is 6.67. The molecule has 0 aliphatic heterocycles. The first-order valence-electron chi connectivity index (χ1n) is 7.50. The number of hydrogen-bond acceptors (Lipinski definition) is 2. The molecule has 0 unspecified atom stereocenters. The second-order valence-corrected chi connectivity index (χ2v) is 5.00. The minimum atomic E-state index is 0.875. The quantitative estimate of drug-likeness (QED) is 0.530. The third kappa shape index (κ3) is 7.19. The molecule has 114 valence electrons. The smallest absolute Gasteiger partial charge is 0.191 e. The van der Waals surface area contributed by atoms with Crippen LogP contribution in [0.1, 0.15) is 19.8 Å². The molecule has 1 heterocycles. The lowest BCUT2D eigenvalue weighted by molar-refractivity contribution is 0.332. The molecule has 0 amide bonds. The van der Waals surface area contributed by atoms with Crippen LogP contribution in [0.15, 0.2) is 29.5 Å². The van der Waals surface area contributed by atoms with E-state index in [-0.39, 0.29) is 0 Å². The standard InChI is InChI=1S/C15H29N5/c1-4-5-10-19(3)13-8-17-15(16-2)18-9-14-20-11-6-7-12-20/h6-7,11-12H,4-5,8-10,13-14H2,1-3H3,(H2,16,17,18). The van der Waals surface area contributed by atoms with Crippen molar-refractivity contribution in [3.8, 4) is 0 Å². The molecule has 1 aromatic heterocycles. The van der Waals surface area contributed by atoms with Crippen LogP contribution in [0.4, 0.5) is 0 Å². The number of rotatable bonds is 9. The summed E-state index contributed by atoms with van der Waals surface area (Å²) in [6.45, 7) is 7.17. The van der Waals surface area contributed by atoms with Crippen molar-refractivity contribution in [2.75, 3.05) is 40.3 Å². The van der Waals surface area contributed by atoms with E-state index in [9.17, 15) is 0 Å². The van der Waals surface area contributed by atoms with Crippen molar-refractivity contribution < 1.29 is 0 Å². The summed E-state index contributed by atoms with van der Waals surface area (Å²) in [6.07, 6.45) is 6.65. The molecule has 0 atom stereocenters. The maximum atomic E-state index is 4.23. The second-order valence-electron chi connectivity index (χ2n) is 5.00. The molecule has 0 aromatic carbocycles. The van der Waals surface area contributed by atoms with Gasteiger partial charge < -0.3 is 20.1 Å². The van der Waals surface area contributed by atoms with Gasteiger partial charge in [-0.1, -0.05) is 13.3 Å². The summed E-state index contributed by atoms with van der Waals surface area (Å²) in [4.78, 5) is 6.58. The topological polar surface area (TPSA) is 44.6 Å². The first-order chi connectivity index (χ1) is 9.76. The van der Waals surface area contributed by atoms with Crippen molar-refractivity contribution in [3.63, 3.8) is 0 Å². The van der Waals surface area contributed by atoms with E-state index < -0.39 is 0 Å². The van der Waals surface area contributed by atoms with Crippen molar-refractivity contribution in [3.05, 3.63) is 24.5 Å². The van der Waals surface area contributed by atoms with Gasteiger partial charge in [0.1, 0.15) is 0 Å². The van der Waals surface area contributed by atoms with Crippen molar-refractivity contribution in [2.45, 2.75) is 26.3 Å². The fraction of sp³-hybridized carbons (Fsp3) is 0.667. The van der Waals surface area contributed by atoms with Crippen molar-refractivity contribution in [2.24, 2.45) is 4.99 Å². The van der Waals surface area contributed by atoms with E-state index >= 15 is 0 Å². The number of aromatic nitrogens is 1. The number of unbranched alkanes of at least 4 members (excludes halogenated alkanes) is 1. The maximum Gasteiger partial charge on any atom is 0.191 e. The zero-order valence-electron chi connectivity index (χ0n) is 13.1. The van der Waals surface area contributed by atoms with E-state index in [2.05, 4.69) is 51.5 Å². The molecule has 1 rings (SSSR count). The zero-order valence-corrected chi connectivity index (χ0v) is 13.1. The summed E-state index contributed by atoms with van der Waals surface area (Å²) >= 11 is 0. The van der Waals surface area contributed by atoms with Crippen molar-refractivity contribution >= 4 is 5.96 Å². The van der Waals surface area contributed by atoms with Gasteiger partial charge >= 0.3 is 0 Å². The SMILES string of the molecule is CCCCN(C)CCNC(=NC)NCCn1cccc1. The van der Waals surface area contributed by atoms with Crippen LogP contribution in [0.3, 0.4) is 0 Å². The van der Waals surface area contributed by atoms with Crippen LogP contribution in [0.5, 0.6) is 0 Å². The molecular weight excluding hydrogens is 250 g/mol. The molecule has 20 heavy (non-hydrogen) atoms. The molecular formula is C15H29N5. The van der Waals surface area contributed by atoms with Gasteiger partial charge in [-0.3, -0.25) is 4.99 Å². The second kappa shape index (κ2) is 10.3. The Morgan fingerprint density at radius 2 is 1.85 bits per heavy atom. The van der Waals surface area contributed by atoms with Crippen LogP contribution >= 0.6 is 0 Å². The molecule has 0 radical (unpaired) electrons. The van der Waals surface area contributed by atoms with Gasteiger partial charge in [-0.2, -0.15) is 0 Å². The number of hydrogen-bond donors (Lipinski definition) is 2. The number of nitrogens with one attached hydrogen (secondary N) is 2. The lowest BCUT2D eigenvalue weighted by atomic mass is 10.3. The van der Waals surface area contributed by atoms with Crippen LogP contribution in [-0.4, -0.2) is 55.7 Å². The molecule has 0 aliphatic carbocycles. The van der Waals surface area contributed by atoms with E-state index in [1.807, 2.05) is 19.2 Å². The Morgan fingerprint density at radius 1 is 1.15 bits per heavy atom. The highest BCUT2D eigenvalue weighted by Gasteiger charge is 1.99.